The monoisotopic (exact) mass is 258 g/mol. The van der Waals surface area contributed by atoms with Crippen LogP contribution in [0.2, 0.25) is 0 Å². The van der Waals surface area contributed by atoms with Gasteiger partial charge in [0.2, 0.25) is 0 Å². The van der Waals surface area contributed by atoms with Gasteiger partial charge in [-0.05, 0) is 18.9 Å². The van der Waals surface area contributed by atoms with Crippen molar-refractivity contribution >= 4 is 5.97 Å². The molecule has 0 saturated carbocycles. The summed E-state index contributed by atoms with van der Waals surface area (Å²) in [7, 11) is 1.94. The molecule has 0 aliphatic rings. The fourth-order valence-electron chi connectivity index (χ4n) is 2.13. The van der Waals surface area contributed by atoms with Crippen molar-refractivity contribution < 1.29 is 9.90 Å². The molecule has 4 heteroatoms. The van der Waals surface area contributed by atoms with Gasteiger partial charge in [0, 0.05) is 19.2 Å². The van der Waals surface area contributed by atoms with E-state index in [1.807, 2.05) is 36.7 Å². The molecule has 19 heavy (non-hydrogen) atoms. The Morgan fingerprint density at radius 2 is 1.95 bits per heavy atom. The molecule has 0 fully saturated rings. The number of benzene rings is 1. The molecule has 0 aliphatic heterocycles. The SMILES string of the molecule is Cc1c(CC(=O)O)nc(CCc2ccccc2)n1C. The van der Waals surface area contributed by atoms with Crippen LogP contribution in [0.1, 0.15) is 22.8 Å². The second kappa shape index (κ2) is 5.69. The lowest BCUT2D eigenvalue weighted by molar-refractivity contribution is -0.136. The molecule has 1 heterocycles. The Bertz CT molecular complexity index is 573. The van der Waals surface area contributed by atoms with Crippen molar-refractivity contribution in [3.8, 4) is 0 Å². The van der Waals surface area contributed by atoms with Gasteiger partial charge in [0.1, 0.15) is 5.82 Å². The normalized spacial score (nSPS) is 10.6. The minimum Gasteiger partial charge on any atom is -0.481 e. The zero-order chi connectivity index (χ0) is 13.8. The molecular weight excluding hydrogens is 240 g/mol. The van der Waals surface area contributed by atoms with E-state index < -0.39 is 5.97 Å². The minimum absolute atomic E-state index is 0.00892. The second-order valence-corrected chi connectivity index (χ2v) is 4.68. The quantitative estimate of drug-likeness (QED) is 0.894. The summed E-state index contributed by atoms with van der Waals surface area (Å²) in [5.41, 5.74) is 2.87. The molecule has 0 saturated heterocycles. The highest BCUT2D eigenvalue weighted by Crippen LogP contribution is 2.12. The molecule has 2 aromatic rings. The largest absolute Gasteiger partial charge is 0.481 e. The van der Waals surface area contributed by atoms with Crippen molar-refractivity contribution in [3.05, 3.63) is 53.1 Å². The number of aliphatic carboxylic acids is 1. The highest BCUT2D eigenvalue weighted by atomic mass is 16.4. The third-order valence-electron chi connectivity index (χ3n) is 3.37. The molecule has 0 radical (unpaired) electrons. The van der Waals surface area contributed by atoms with Gasteiger partial charge in [-0.15, -0.1) is 0 Å². The van der Waals surface area contributed by atoms with Crippen LogP contribution in [-0.4, -0.2) is 20.6 Å². The fourth-order valence-corrected chi connectivity index (χ4v) is 2.13. The Morgan fingerprint density at radius 3 is 2.58 bits per heavy atom. The zero-order valence-electron chi connectivity index (χ0n) is 11.3. The predicted molar refractivity (Wildman–Crippen MR) is 73.1 cm³/mol. The van der Waals surface area contributed by atoms with E-state index >= 15 is 0 Å². The van der Waals surface area contributed by atoms with Crippen molar-refractivity contribution in [2.45, 2.75) is 26.2 Å². The lowest BCUT2D eigenvalue weighted by Crippen LogP contribution is -2.02. The lowest BCUT2D eigenvalue weighted by atomic mass is 10.1. The van der Waals surface area contributed by atoms with E-state index in [-0.39, 0.29) is 6.42 Å². The second-order valence-electron chi connectivity index (χ2n) is 4.68. The predicted octanol–water partition coefficient (Wildman–Crippen LogP) is 2.14. The van der Waals surface area contributed by atoms with Crippen LogP contribution in [0.15, 0.2) is 30.3 Å². The molecule has 1 aromatic carbocycles. The number of imidazole rings is 1. The van der Waals surface area contributed by atoms with Gasteiger partial charge in [0.05, 0.1) is 12.1 Å². The lowest BCUT2D eigenvalue weighted by Gasteiger charge is -2.03. The van der Waals surface area contributed by atoms with Crippen LogP contribution in [0, 0.1) is 6.92 Å². The van der Waals surface area contributed by atoms with Crippen LogP contribution in [0.3, 0.4) is 0 Å². The van der Waals surface area contributed by atoms with Gasteiger partial charge in [-0.25, -0.2) is 4.98 Å². The van der Waals surface area contributed by atoms with Crippen molar-refractivity contribution in [2.24, 2.45) is 7.05 Å². The van der Waals surface area contributed by atoms with Crippen molar-refractivity contribution in [1.82, 2.24) is 9.55 Å². The topological polar surface area (TPSA) is 55.1 Å². The number of hydrogen-bond donors (Lipinski definition) is 1. The first kappa shape index (κ1) is 13.3. The summed E-state index contributed by atoms with van der Waals surface area (Å²) >= 11 is 0. The number of aromatic nitrogens is 2. The van der Waals surface area contributed by atoms with Gasteiger partial charge < -0.3 is 9.67 Å². The number of hydrogen-bond acceptors (Lipinski definition) is 2. The van der Waals surface area contributed by atoms with Crippen LogP contribution in [-0.2, 0) is 31.1 Å². The average Bonchev–Trinajstić information content (AvgIpc) is 2.65. The summed E-state index contributed by atoms with van der Waals surface area (Å²) in [6.45, 7) is 1.91. The summed E-state index contributed by atoms with van der Waals surface area (Å²) < 4.78 is 1.99. The highest BCUT2D eigenvalue weighted by Gasteiger charge is 2.13. The van der Waals surface area contributed by atoms with Gasteiger partial charge in [0.25, 0.3) is 0 Å². The van der Waals surface area contributed by atoms with E-state index in [0.29, 0.717) is 5.69 Å². The molecule has 0 unspecified atom stereocenters. The molecule has 0 spiro atoms. The van der Waals surface area contributed by atoms with E-state index in [9.17, 15) is 4.79 Å². The molecular formula is C15H18N2O2. The minimum atomic E-state index is -0.837. The van der Waals surface area contributed by atoms with E-state index in [4.69, 9.17) is 5.11 Å². The maximum absolute atomic E-state index is 10.8. The van der Waals surface area contributed by atoms with Gasteiger partial charge in [0.15, 0.2) is 0 Å². The van der Waals surface area contributed by atoms with E-state index in [0.717, 1.165) is 24.4 Å². The first-order chi connectivity index (χ1) is 9.08. The van der Waals surface area contributed by atoms with Gasteiger partial charge >= 0.3 is 5.97 Å². The number of nitrogens with zero attached hydrogens (tertiary/aromatic N) is 2. The van der Waals surface area contributed by atoms with Crippen LogP contribution in [0.5, 0.6) is 0 Å². The first-order valence-corrected chi connectivity index (χ1v) is 6.34. The van der Waals surface area contributed by atoms with Crippen LogP contribution >= 0.6 is 0 Å². The summed E-state index contributed by atoms with van der Waals surface area (Å²) in [5.74, 6) is 0.105. The van der Waals surface area contributed by atoms with Gasteiger partial charge in [-0.1, -0.05) is 30.3 Å². The Balaban J connectivity index is 2.10. The summed E-state index contributed by atoms with van der Waals surface area (Å²) in [5, 5.41) is 8.85. The Labute approximate surface area is 112 Å². The molecule has 2 rings (SSSR count). The Kier molecular flexibility index (Phi) is 4.00. The number of carbonyl (C=O) groups is 1. The molecule has 0 atom stereocenters. The third-order valence-corrected chi connectivity index (χ3v) is 3.37. The van der Waals surface area contributed by atoms with Gasteiger partial charge in [-0.3, -0.25) is 4.79 Å². The molecule has 0 aliphatic carbocycles. The van der Waals surface area contributed by atoms with Crippen molar-refractivity contribution in [2.75, 3.05) is 0 Å². The van der Waals surface area contributed by atoms with E-state index in [2.05, 4.69) is 17.1 Å². The van der Waals surface area contributed by atoms with E-state index in [1.54, 1.807) is 0 Å². The number of carboxylic acids is 1. The summed E-state index contributed by atoms with van der Waals surface area (Å²) in [4.78, 5) is 15.2. The highest BCUT2D eigenvalue weighted by molar-refractivity contribution is 5.69. The molecule has 100 valence electrons. The first-order valence-electron chi connectivity index (χ1n) is 6.34. The molecule has 4 nitrogen and oxygen atoms in total. The fraction of sp³-hybridized carbons (Fsp3) is 0.333. The zero-order valence-corrected chi connectivity index (χ0v) is 11.3. The van der Waals surface area contributed by atoms with Gasteiger partial charge in [-0.2, -0.15) is 0 Å². The van der Waals surface area contributed by atoms with Crippen LogP contribution < -0.4 is 0 Å². The Hall–Kier alpha value is -2.10. The van der Waals surface area contributed by atoms with Crippen LogP contribution in [0.25, 0.3) is 0 Å². The number of rotatable bonds is 5. The standard InChI is InChI=1S/C15H18N2O2/c1-11-13(10-15(18)19)16-14(17(11)2)9-8-12-6-4-3-5-7-12/h3-7H,8-10H2,1-2H3,(H,18,19). The third kappa shape index (κ3) is 3.22. The Morgan fingerprint density at radius 1 is 1.26 bits per heavy atom. The van der Waals surface area contributed by atoms with Crippen molar-refractivity contribution in [1.29, 1.82) is 0 Å². The average molecular weight is 258 g/mol. The summed E-state index contributed by atoms with van der Waals surface area (Å²) in [6, 6.07) is 10.2. The molecule has 1 N–H and O–H groups in total. The maximum atomic E-state index is 10.8. The molecule has 0 bridgehead atoms. The smallest absolute Gasteiger partial charge is 0.309 e. The molecule has 1 aromatic heterocycles. The summed E-state index contributed by atoms with van der Waals surface area (Å²) in [6.07, 6.45) is 1.73. The maximum Gasteiger partial charge on any atom is 0.309 e. The van der Waals surface area contributed by atoms with E-state index in [1.165, 1.54) is 5.56 Å². The van der Waals surface area contributed by atoms with Crippen LogP contribution in [0.4, 0.5) is 0 Å². The van der Waals surface area contributed by atoms with Crippen molar-refractivity contribution in [3.63, 3.8) is 0 Å². The number of carboxylic acid groups (broad SMARTS) is 1. The number of aryl methyl sites for hydroxylation is 2. The molecule has 0 amide bonds.